The SMILES string of the molecule is CNC(=O)Nc1ccc2c(c1)C(=O)CC21CN(CC(=O)N(Cc2ccc(F)cc2)[C@@H](C)C(F)(F)F)C(=O)O1. The van der Waals surface area contributed by atoms with E-state index in [-0.39, 0.29) is 29.9 Å². The summed E-state index contributed by atoms with van der Waals surface area (Å²) >= 11 is 0. The number of urea groups is 1. The highest BCUT2D eigenvalue weighted by Crippen LogP contribution is 2.45. The third kappa shape index (κ3) is 5.27. The monoisotopic (exact) mass is 536 g/mol. The lowest BCUT2D eigenvalue weighted by atomic mass is 9.95. The van der Waals surface area contributed by atoms with E-state index in [0.717, 1.165) is 24.0 Å². The summed E-state index contributed by atoms with van der Waals surface area (Å²) in [4.78, 5) is 51.7. The van der Waals surface area contributed by atoms with Gasteiger partial charge in [-0.1, -0.05) is 18.2 Å². The zero-order valence-electron chi connectivity index (χ0n) is 20.4. The summed E-state index contributed by atoms with van der Waals surface area (Å²) in [6.45, 7) is -0.594. The second-order valence-electron chi connectivity index (χ2n) is 9.15. The van der Waals surface area contributed by atoms with E-state index < -0.39 is 54.8 Å². The summed E-state index contributed by atoms with van der Waals surface area (Å²) in [5.74, 6) is -1.93. The molecule has 1 unspecified atom stereocenters. The Labute approximate surface area is 214 Å². The Balaban J connectivity index is 1.54. The number of alkyl halides is 3. The number of carbonyl (C=O) groups is 4. The van der Waals surface area contributed by atoms with Crippen molar-refractivity contribution in [2.45, 2.75) is 37.7 Å². The molecule has 202 valence electrons. The van der Waals surface area contributed by atoms with Crippen molar-refractivity contribution in [2.75, 3.05) is 25.5 Å². The van der Waals surface area contributed by atoms with E-state index in [0.29, 0.717) is 16.2 Å². The average molecular weight is 536 g/mol. The van der Waals surface area contributed by atoms with Gasteiger partial charge in [0.15, 0.2) is 11.4 Å². The lowest BCUT2D eigenvalue weighted by Crippen LogP contribution is -2.50. The van der Waals surface area contributed by atoms with E-state index in [1.54, 1.807) is 0 Å². The number of halogens is 4. The van der Waals surface area contributed by atoms with Crippen LogP contribution in [0.3, 0.4) is 0 Å². The molecule has 38 heavy (non-hydrogen) atoms. The fourth-order valence-corrected chi connectivity index (χ4v) is 4.54. The van der Waals surface area contributed by atoms with Crippen LogP contribution in [0.5, 0.6) is 0 Å². The van der Waals surface area contributed by atoms with Gasteiger partial charge in [0.1, 0.15) is 18.4 Å². The Hall–Kier alpha value is -4.16. The molecule has 9 nitrogen and oxygen atoms in total. The van der Waals surface area contributed by atoms with Gasteiger partial charge in [-0.3, -0.25) is 14.5 Å². The van der Waals surface area contributed by atoms with E-state index in [4.69, 9.17) is 4.74 Å². The Morgan fingerprint density at radius 2 is 1.84 bits per heavy atom. The van der Waals surface area contributed by atoms with Crippen molar-refractivity contribution in [3.63, 3.8) is 0 Å². The molecule has 1 aliphatic heterocycles. The Kier molecular flexibility index (Phi) is 7.04. The number of ether oxygens (including phenoxy) is 1. The average Bonchev–Trinajstić information content (AvgIpc) is 3.31. The van der Waals surface area contributed by atoms with Crippen molar-refractivity contribution in [3.8, 4) is 0 Å². The largest absolute Gasteiger partial charge is 0.435 e. The predicted octanol–water partition coefficient (Wildman–Crippen LogP) is 3.79. The minimum absolute atomic E-state index is 0.222. The van der Waals surface area contributed by atoms with Gasteiger partial charge in [0.25, 0.3) is 0 Å². The van der Waals surface area contributed by atoms with Crippen LogP contribution in [-0.2, 0) is 21.7 Å². The molecule has 1 saturated heterocycles. The van der Waals surface area contributed by atoms with Gasteiger partial charge in [0.05, 0.1) is 13.0 Å². The third-order valence-corrected chi connectivity index (χ3v) is 6.58. The molecule has 1 heterocycles. The number of carbonyl (C=O) groups excluding carboxylic acids is 4. The van der Waals surface area contributed by atoms with Gasteiger partial charge >= 0.3 is 18.3 Å². The smallest absolute Gasteiger partial charge is 0.411 e. The fourth-order valence-electron chi connectivity index (χ4n) is 4.54. The van der Waals surface area contributed by atoms with Crippen LogP contribution in [0.25, 0.3) is 0 Å². The number of rotatable bonds is 6. The molecule has 4 amide bonds. The molecule has 2 aromatic rings. The third-order valence-electron chi connectivity index (χ3n) is 6.58. The Bertz CT molecular complexity index is 1280. The Morgan fingerprint density at radius 1 is 1.16 bits per heavy atom. The van der Waals surface area contributed by atoms with Crippen LogP contribution >= 0.6 is 0 Å². The zero-order chi connectivity index (χ0) is 27.8. The molecule has 0 radical (unpaired) electrons. The fraction of sp³-hybridized carbons (Fsp3) is 0.360. The van der Waals surface area contributed by atoms with Gasteiger partial charge in [0, 0.05) is 30.4 Å². The number of benzene rings is 2. The first kappa shape index (κ1) is 26.9. The van der Waals surface area contributed by atoms with Crippen LogP contribution < -0.4 is 10.6 Å². The second kappa shape index (κ2) is 9.95. The second-order valence-corrected chi connectivity index (χ2v) is 9.15. The maximum Gasteiger partial charge on any atom is 0.411 e. The number of hydrogen-bond acceptors (Lipinski definition) is 5. The molecular formula is C25H24F4N4O5. The van der Waals surface area contributed by atoms with Crippen molar-refractivity contribution in [1.29, 1.82) is 0 Å². The molecule has 1 aliphatic carbocycles. The minimum Gasteiger partial charge on any atom is -0.435 e. The van der Waals surface area contributed by atoms with Crippen molar-refractivity contribution >= 4 is 29.5 Å². The Morgan fingerprint density at radius 3 is 2.47 bits per heavy atom. The first-order valence-electron chi connectivity index (χ1n) is 11.6. The summed E-state index contributed by atoms with van der Waals surface area (Å²) < 4.78 is 59.5. The lowest BCUT2D eigenvalue weighted by Gasteiger charge is -2.32. The number of hydrogen-bond donors (Lipinski definition) is 2. The van der Waals surface area contributed by atoms with Crippen molar-refractivity contribution < 1.29 is 41.5 Å². The molecule has 1 fully saturated rings. The molecule has 13 heteroatoms. The highest BCUT2D eigenvalue weighted by molar-refractivity contribution is 6.04. The number of nitrogens with one attached hydrogen (secondary N) is 2. The van der Waals surface area contributed by atoms with Gasteiger partial charge in [-0.2, -0.15) is 13.2 Å². The molecule has 2 atom stereocenters. The topological polar surface area (TPSA) is 108 Å². The summed E-state index contributed by atoms with van der Waals surface area (Å²) in [6.07, 6.45) is -5.92. The summed E-state index contributed by atoms with van der Waals surface area (Å²) in [6, 6.07) is 6.48. The highest BCUT2D eigenvalue weighted by Gasteiger charge is 2.54. The van der Waals surface area contributed by atoms with E-state index in [9.17, 15) is 36.7 Å². The standard InChI is InChI=1S/C25H24F4N4O5/c1-14(25(27,28)29)33(11-15-3-5-16(26)6-4-15)21(35)12-32-13-24(38-23(32)37)10-20(34)18-9-17(7-8-19(18)24)31-22(36)30-2/h3-9,14H,10-13H2,1-2H3,(H2,30,31,36)/t14-,24?/m0/s1. The first-order chi connectivity index (χ1) is 17.8. The van der Waals surface area contributed by atoms with E-state index >= 15 is 0 Å². The van der Waals surface area contributed by atoms with Gasteiger partial charge < -0.3 is 20.3 Å². The highest BCUT2D eigenvalue weighted by atomic mass is 19.4. The van der Waals surface area contributed by atoms with Crippen molar-refractivity contribution in [3.05, 3.63) is 65.0 Å². The summed E-state index contributed by atoms with van der Waals surface area (Å²) in [5.41, 5.74) is -0.203. The van der Waals surface area contributed by atoms with Crippen LogP contribution in [0.2, 0.25) is 0 Å². The number of amides is 4. The zero-order valence-corrected chi connectivity index (χ0v) is 20.4. The number of anilines is 1. The van der Waals surface area contributed by atoms with Gasteiger partial charge in [0.2, 0.25) is 5.91 Å². The van der Waals surface area contributed by atoms with Crippen LogP contribution in [0.1, 0.15) is 34.8 Å². The number of nitrogens with zero attached hydrogens (tertiary/aromatic N) is 2. The summed E-state index contributed by atoms with van der Waals surface area (Å²) in [7, 11) is 1.42. The lowest BCUT2D eigenvalue weighted by molar-refractivity contribution is -0.187. The molecule has 0 aromatic heterocycles. The van der Waals surface area contributed by atoms with Gasteiger partial charge in [-0.05, 0) is 36.8 Å². The van der Waals surface area contributed by atoms with Gasteiger partial charge in [-0.15, -0.1) is 0 Å². The van der Waals surface area contributed by atoms with E-state index in [2.05, 4.69) is 10.6 Å². The molecule has 2 aliphatic rings. The molecule has 2 aromatic carbocycles. The van der Waals surface area contributed by atoms with Crippen LogP contribution in [0.4, 0.5) is 32.8 Å². The molecule has 0 bridgehead atoms. The minimum atomic E-state index is -4.75. The van der Waals surface area contributed by atoms with Crippen molar-refractivity contribution in [1.82, 2.24) is 15.1 Å². The maximum absolute atomic E-state index is 13.6. The van der Waals surface area contributed by atoms with Crippen LogP contribution in [0.15, 0.2) is 42.5 Å². The molecule has 1 spiro atoms. The number of fused-ring (bicyclic) bond motifs is 2. The van der Waals surface area contributed by atoms with Crippen molar-refractivity contribution in [2.24, 2.45) is 0 Å². The number of Topliss-reactive ketones (excluding diaryl/α,β-unsaturated/α-hetero) is 1. The molecule has 4 rings (SSSR count). The maximum atomic E-state index is 13.6. The molecule has 0 saturated carbocycles. The quantitative estimate of drug-likeness (QED) is 0.547. The molecular weight excluding hydrogens is 512 g/mol. The van der Waals surface area contributed by atoms with E-state index in [1.165, 1.54) is 37.4 Å². The predicted molar refractivity (Wildman–Crippen MR) is 126 cm³/mol. The normalized spacial score (nSPS) is 19.3. The number of ketones is 1. The summed E-state index contributed by atoms with van der Waals surface area (Å²) in [5, 5.41) is 4.92. The van der Waals surface area contributed by atoms with Crippen LogP contribution in [-0.4, -0.2) is 66.0 Å². The van der Waals surface area contributed by atoms with E-state index in [1.807, 2.05) is 0 Å². The molecule has 2 N–H and O–H groups in total. The first-order valence-corrected chi connectivity index (χ1v) is 11.6. The van der Waals surface area contributed by atoms with Gasteiger partial charge in [-0.25, -0.2) is 14.0 Å². The van der Waals surface area contributed by atoms with Crippen LogP contribution in [0, 0.1) is 5.82 Å².